The van der Waals surface area contributed by atoms with Crippen molar-refractivity contribution in [3.05, 3.63) is 77.7 Å². The summed E-state index contributed by atoms with van der Waals surface area (Å²) in [6, 6.07) is 17.4. The standard InChI is InChI=1S/C23H16N4O2S/c1-13-3-2-4-18(27-13)22-21(25-12-26-22)14-5-6-17-15(9-14)10-16(11-24-17)19-7-8-20(30-19)23(28)29/h2-12H,1H3,(H,25,26)(H,28,29). The quantitative estimate of drug-likeness (QED) is 0.411. The van der Waals surface area contributed by atoms with Gasteiger partial charge in [0.15, 0.2) is 0 Å². The molecule has 1 aromatic carbocycles. The number of aromatic nitrogens is 4. The van der Waals surface area contributed by atoms with Gasteiger partial charge in [-0.2, -0.15) is 0 Å². The molecule has 30 heavy (non-hydrogen) atoms. The van der Waals surface area contributed by atoms with E-state index in [0.29, 0.717) is 4.88 Å². The Morgan fingerprint density at radius 3 is 2.70 bits per heavy atom. The number of aromatic amines is 1. The van der Waals surface area contributed by atoms with Crippen LogP contribution in [0.1, 0.15) is 15.4 Å². The van der Waals surface area contributed by atoms with Crippen LogP contribution in [0.3, 0.4) is 0 Å². The Kier molecular flexibility index (Phi) is 4.37. The number of carbonyl (C=O) groups is 1. The van der Waals surface area contributed by atoms with Gasteiger partial charge in [-0.15, -0.1) is 11.3 Å². The van der Waals surface area contributed by atoms with Gasteiger partial charge in [0.1, 0.15) is 4.88 Å². The van der Waals surface area contributed by atoms with Crippen molar-refractivity contribution < 1.29 is 9.90 Å². The maximum atomic E-state index is 11.2. The van der Waals surface area contributed by atoms with Crippen LogP contribution in [-0.2, 0) is 0 Å². The molecule has 0 saturated heterocycles. The molecule has 0 spiro atoms. The van der Waals surface area contributed by atoms with E-state index in [1.54, 1.807) is 18.6 Å². The van der Waals surface area contributed by atoms with E-state index in [4.69, 9.17) is 0 Å². The van der Waals surface area contributed by atoms with Gasteiger partial charge in [-0.05, 0) is 49.4 Å². The van der Waals surface area contributed by atoms with Crippen molar-refractivity contribution in [1.29, 1.82) is 0 Å². The topological polar surface area (TPSA) is 91.8 Å². The van der Waals surface area contributed by atoms with Crippen LogP contribution in [0.5, 0.6) is 0 Å². The van der Waals surface area contributed by atoms with Gasteiger partial charge in [-0.25, -0.2) is 9.78 Å². The molecule has 5 rings (SSSR count). The first-order valence-corrected chi connectivity index (χ1v) is 10.1. The van der Waals surface area contributed by atoms with Crippen LogP contribution in [0.15, 0.2) is 67.1 Å². The number of aromatic carboxylic acids is 1. The minimum absolute atomic E-state index is 0.311. The molecule has 7 heteroatoms. The maximum absolute atomic E-state index is 11.2. The number of thiophene rings is 1. The highest BCUT2D eigenvalue weighted by molar-refractivity contribution is 7.17. The SMILES string of the molecule is Cc1cccc(-c2[nH]cnc2-c2ccc3ncc(-c4ccc(C(=O)O)s4)cc3c2)n1. The Bertz CT molecular complexity index is 1400. The van der Waals surface area contributed by atoms with Crippen LogP contribution in [0.4, 0.5) is 0 Å². The van der Waals surface area contributed by atoms with Crippen molar-refractivity contribution in [2.75, 3.05) is 0 Å². The average molecular weight is 412 g/mol. The fourth-order valence-electron chi connectivity index (χ4n) is 3.41. The smallest absolute Gasteiger partial charge is 0.345 e. The number of H-pyrrole nitrogens is 1. The average Bonchev–Trinajstić information content (AvgIpc) is 3.43. The Morgan fingerprint density at radius 1 is 1.03 bits per heavy atom. The molecule has 0 amide bonds. The first-order chi connectivity index (χ1) is 14.6. The lowest BCUT2D eigenvalue weighted by Gasteiger charge is -2.06. The van der Waals surface area contributed by atoms with Crippen LogP contribution in [0.2, 0.25) is 0 Å². The number of hydrogen-bond acceptors (Lipinski definition) is 5. The summed E-state index contributed by atoms with van der Waals surface area (Å²) in [6.07, 6.45) is 3.45. The molecule has 4 aromatic heterocycles. The monoisotopic (exact) mass is 412 g/mol. The molecule has 0 saturated carbocycles. The van der Waals surface area contributed by atoms with E-state index in [9.17, 15) is 9.90 Å². The third-order valence-electron chi connectivity index (χ3n) is 4.84. The molecule has 0 bridgehead atoms. The molecule has 0 aliphatic carbocycles. The largest absolute Gasteiger partial charge is 0.477 e. The highest BCUT2D eigenvalue weighted by Crippen LogP contribution is 2.33. The van der Waals surface area contributed by atoms with Crippen molar-refractivity contribution in [2.45, 2.75) is 6.92 Å². The summed E-state index contributed by atoms with van der Waals surface area (Å²) in [5.41, 5.74) is 6.18. The van der Waals surface area contributed by atoms with Gasteiger partial charge in [0.05, 0.1) is 28.9 Å². The zero-order valence-electron chi connectivity index (χ0n) is 16.0. The summed E-state index contributed by atoms with van der Waals surface area (Å²) in [5.74, 6) is -0.918. The van der Waals surface area contributed by atoms with Crippen molar-refractivity contribution in [3.8, 4) is 33.1 Å². The molecular weight excluding hydrogens is 396 g/mol. The van der Waals surface area contributed by atoms with Crippen molar-refractivity contribution in [1.82, 2.24) is 19.9 Å². The second-order valence-electron chi connectivity index (χ2n) is 6.89. The number of benzene rings is 1. The summed E-state index contributed by atoms with van der Waals surface area (Å²) in [6.45, 7) is 1.96. The number of nitrogens with zero attached hydrogens (tertiary/aromatic N) is 3. The predicted octanol–water partition coefficient (Wildman–Crippen LogP) is 5.42. The number of aryl methyl sites for hydroxylation is 1. The molecule has 0 aliphatic heterocycles. The van der Waals surface area contributed by atoms with Gasteiger partial charge in [0, 0.05) is 33.3 Å². The normalized spacial score (nSPS) is 11.1. The van der Waals surface area contributed by atoms with E-state index in [0.717, 1.165) is 49.7 Å². The zero-order chi connectivity index (χ0) is 20.7. The van der Waals surface area contributed by atoms with Crippen LogP contribution < -0.4 is 0 Å². The number of fused-ring (bicyclic) bond motifs is 1. The second kappa shape index (κ2) is 7.20. The Hall–Kier alpha value is -3.84. The lowest BCUT2D eigenvalue weighted by molar-refractivity contribution is 0.0702. The minimum atomic E-state index is -0.918. The van der Waals surface area contributed by atoms with Gasteiger partial charge >= 0.3 is 5.97 Å². The molecule has 4 heterocycles. The molecular formula is C23H16N4O2S. The van der Waals surface area contributed by atoms with Gasteiger partial charge in [-0.3, -0.25) is 9.97 Å². The van der Waals surface area contributed by atoms with Crippen LogP contribution in [0, 0.1) is 6.92 Å². The summed E-state index contributed by atoms with van der Waals surface area (Å²) < 4.78 is 0. The molecule has 2 N–H and O–H groups in total. The van der Waals surface area contributed by atoms with E-state index in [2.05, 4.69) is 19.9 Å². The minimum Gasteiger partial charge on any atom is -0.477 e. The molecule has 0 fully saturated rings. The van der Waals surface area contributed by atoms with E-state index in [1.165, 1.54) is 11.3 Å². The number of rotatable bonds is 4. The van der Waals surface area contributed by atoms with Crippen LogP contribution in [0.25, 0.3) is 44.0 Å². The summed E-state index contributed by atoms with van der Waals surface area (Å²) >= 11 is 1.24. The molecule has 0 unspecified atom stereocenters. The van der Waals surface area contributed by atoms with Gasteiger partial charge in [0.25, 0.3) is 0 Å². The van der Waals surface area contributed by atoms with E-state index < -0.39 is 5.97 Å². The Morgan fingerprint density at radius 2 is 1.90 bits per heavy atom. The fourth-order valence-corrected chi connectivity index (χ4v) is 4.24. The van der Waals surface area contributed by atoms with E-state index in [-0.39, 0.29) is 0 Å². The molecule has 146 valence electrons. The molecule has 0 aliphatic rings. The summed E-state index contributed by atoms with van der Waals surface area (Å²) in [5, 5.41) is 10.1. The summed E-state index contributed by atoms with van der Waals surface area (Å²) in [4.78, 5) is 29.2. The van der Waals surface area contributed by atoms with Crippen molar-refractivity contribution in [3.63, 3.8) is 0 Å². The third kappa shape index (κ3) is 3.25. The van der Waals surface area contributed by atoms with E-state index in [1.807, 2.05) is 55.5 Å². The predicted molar refractivity (Wildman–Crippen MR) is 118 cm³/mol. The second-order valence-corrected chi connectivity index (χ2v) is 7.97. The van der Waals surface area contributed by atoms with Gasteiger partial charge in [-0.1, -0.05) is 12.1 Å². The molecule has 5 aromatic rings. The number of pyridine rings is 2. The fraction of sp³-hybridized carbons (Fsp3) is 0.0435. The number of nitrogens with one attached hydrogen (secondary N) is 1. The van der Waals surface area contributed by atoms with Gasteiger partial charge in [0.2, 0.25) is 0 Å². The Balaban J connectivity index is 1.58. The van der Waals surface area contributed by atoms with E-state index >= 15 is 0 Å². The highest BCUT2D eigenvalue weighted by Gasteiger charge is 2.14. The van der Waals surface area contributed by atoms with Gasteiger partial charge < -0.3 is 10.1 Å². The first kappa shape index (κ1) is 18.2. The third-order valence-corrected chi connectivity index (χ3v) is 5.96. The van der Waals surface area contributed by atoms with Crippen molar-refractivity contribution in [2.24, 2.45) is 0 Å². The molecule has 6 nitrogen and oxygen atoms in total. The summed E-state index contributed by atoms with van der Waals surface area (Å²) in [7, 11) is 0. The number of hydrogen-bond donors (Lipinski definition) is 2. The lowest BCUT2D eigenvalue weighted by Crippen LogP contribution is -1.90. The number of carboxylic acid groups (broad SMARTS) is 1. The van der Waals surface area contributed by atoms with Crippen LogP contribution in [-0.4, -0.2) is 31.0 Å². The first-order valence-electron chi connectivity index (χ1n) is 9.29. The zero-order valence-corrected chi connectivity index (χ0v) is 16.8. The number of imidazole rings is 1. The van der Waals surface area contributed by atoms with Crippen molar-refractivity contribution >= 4 is 28.2 Å². The Labute approximate surface area is 175 Å². The highest BCUT2D eigenvalue weighted by atomic mass is 32.1. The molecule has 0 atom stereocenters. The lowest BCUT2D eigenvalue weighted by atomic mass is 10.0. The number of carboxylic acids is 1. The maximum Gasteiger partial charge on any atom is 0.345 e. The van der Waals surface area contributed by atoms with Crippen LogP contribution >= 0.6 is 11.3 Å². The molecule has 0 radical (unpaired) electrons.